The first kappa shape index (κ1) is 20.4. The van der Waals surface area contributed by atoms with Gasteiger partial charge in [-0.2, -0.15) is 0 Å². The normalized spacial score (nSPS) is 15.9. The summed E-state index contributed by atoms with van der Waals surface area (Å²) in [5.41, 5.74) is 3.01. The molecule has 4 rings (SSSR count). The summed E-state index contributed by atoms with van der Waals surface area (Å²) < 4.78 is 15.2. The molecule has 5 nitrogen and oxygen atoms in total. The summed E-state index contributed by atoms with van der Waals surface area (Å²) in [6, 6.07) is 4.09. The van der Waals surface area contributed by atoms with Gasteiger partial charge in [0.05, 0.1) is 10.8 Å². The Hall–Kier alpha value is -1.90. The van der Waals surface area contributed by atoms with Crippen molar-refractivity contribution in [3.63, 3.8) is 0 Å². The SMILES string of the molecule is CC1CCc2c(-c3nnc(SCC(=O)Nc4ccc(F)c(Cl)c4)n3C)csc2C1. The fraction of sp³-hybridized carbons (Fsp3) is 0.350. The van der Waals surface area contributed by atoms with Crippen LogP contribution < -0.4 is 5.32 Å². The third kappa shape index (κ3) is 4.34. The van der Waals surface area contributed by atoms with Gasteiger partial charge in [-0.3, -0.25) is 4.79 Å². The predicted octanol–water partition coefficient (Wildman–Crippen LogP) is 5.19. The number of hydrogen-bond acceptors (Lipinski definition) is 5. The maximum atomic E-state index is 13.2. The lowest BCUT2D eigenvalue weighted by atomic mass is 9.88. The van der Waals surface area contributed by atoms with Crippen molar-refractivity contribution >= 4 is 46.3 Å². The minimum atomic E-state index is -0.518. The maximum absolute atomic E-state index is 13.2. The van der Waals surface area contributed by atoms with Crippen LogP contribution in [0.15, 0.2) is 28.7 Å². The first-order valence-electron chi connectivity index (χ1n) is 9.29. The Morgan fingerprint density at radius 1 is 1.45 bits per heavy atom. The van der Waals surface area contributed by atoms with Crippen molar-refractivity contribution in [1.29, 1.82) is 0 Å². The Bertz CT molecular complexity index is 1060. The number of carbonyl (C=O) groups is 1. The number of nitrogens with one attached hydrogen (secondary N) is 1. The second-order valence-electron chi connectivity index (χ2n) is 7.23. The third-order valence-corrected chi connectivity index (χ3v) is 7.37. The summed E-state index contributed by atoms with van der Waals surface area (Å²) in [7, 11) is 1.92. The molecule has 0 radical (unpaired) electrons. The van der Waals surface area contributed by atoms with E-state index in [4.69, 9.17) is 11.6 Å². The van der Waals surface area contributed by atoms with Crippen LogP contribution in [0.1, 0.15) is 23.8 Å². The number of benzene rings is 1. The van der Waals surface area contributed by atoms with Gasteiger partial charge in [0.15, 0.2) is 11.0 Å². The van der Waals surface area contributed by atoms with E-state index in [0.29, 0.717) is 10.8 Å². The van der Waals surface area contributed by atoms with Gasteiger partial charge in [0.2, 0.25) is 5.91 Å². The monoisotopic (exact) mass is 450 g/mol. The Balaban J connectivity index is 1.43. The predicted molar refractivity (Wildman–Crippen MR) is 116 cm³/mol. The Morgan fingerprint density at radius 2 is 2.28 bits per heavy atom. The van der Waals surface area contributed by atoms with E-state index < -0.39 is 5.82 Å². The number of thioether (sulfide) groups is 1. The first-order chi connectivity index (χ1) is 13.9. The van der Waals surface area contributed by atoms with E-state index in [1.54, 1.807) is 11.3 Å². The molecule has 1 aliphatic rings. The summed E-state index contributed by atoms with van der Waals surface area (Å²) in [6.45, 7) is 2.30. The summed E-state index contributed by atoms with van der Waals surface area (Å²) in [5, 5.41) is 14.2. The van der Waals surface area contributed by atoms with Gasteiger partial charge < -0.3 is 9.88 Å². The van der Waals surface area contributed by atoms with Gasteiger partial charge in [0.1, 0.15) is 5.82 Å². The summed E-state index contributed by atoms with van der Waals surface area (Å²) in [6.07, 6.45) is 3.41. The molecule has 0 aliphatic heterocycles. The van der Waals surface area contributed by atoms with Gasteiger partial charge in [0, 0.05) is 28.6 Å². The topological polar surface area (TPSA) is 59.8 Å². The number of aromatic nitrogens is 3. The molecule has 1 atom stereocenters. The minimum absolute atomic E-state index is 0.0260. The quantitative estimate of drug-likeness (QED) is 0.543. The minimum Gasteiger partial charge on any atom is -0.325 e. The zero-order valence-electron chi connectivity index (χ0n) is 16.0. The van der Waals surface area contributed by atoms with Crippen molar-refractivity contribution in [3.05, 3.63) is 44.9 Å². The van der Waals surface area contributed by atoms with Gasteiger partial charge in [-0.1, -0.05) is 30.3 Å². The highest BCUT2D eigenvalue weighted by Crippen LogP contribution is 2.38. The first-order valence-corrected chi connectivity index (χ1v) is 11.5. The molecule has 1 aliphatic carbocycles. The molecule has 1 aromatic carbocycles. The molecular weight excluding hydrogens is 431 g/mol. The van der Waals surface area contributed by atoms with E-state index >= 15 is 0 Å². The van der Waals surface area contributed by atoms with Crippen LogP contribution in [0.4, 0.5) is 10.1 Å². The van der Waals surface area contributed by atoms with Crippen LogP contribution in [0.3, 0.4) is 0 Å². The molecule has 0 saturated carbocycles. The number of hydrogen-bond donors (Lipinski definition) is 1. The highest BCUT2D eigenvalue weighted by Gasteiger charge is 2.23. The van der Waals surface area contributed by atoms with Crippen LogP contribution >= 0.6 is 34.7 Å². The van der Waals surface area contributed by atoms with Gasteiger partial charge in [-0.15, -0.1) is 21.5 Å². The molecule has 1 N–H and O–H groups in total. The van der Waals surface area contributed by atoms with Crippen molar-refractivity contribution in [2.45, 2.75) is 31.3 Å². The van der Waals surface area contributed by atoms with E-state index in [1.165, 1.54) is 46.8 Å². The second kappa shape index (κ2) is 8.45. The van der Waals surface area contributed by atoms with E-state index in [1.807, 2.05) is 11.6 Å². The molecule has 2 heterocycles. The third-order valence-electron chi connectivity index (χ3n) is 5.01. The molecule has 3 aromatic rings. The Morgan fingerprint density at radius 3 is 3.07 bits per heavy atom. The Labute approximate surface area is 181 Å². The number of halogens is 2. The van der Waals surface area contributed by atoms with Crippen LogP contribution in [0.5, 0.6) is 0 Å². The summed E-state index contributed by atoms with van der Waals surface area (Å²) in [5.74, 6) is 1.000. The summed E-state index contributed by atoms with van der Waals surface area (Å²) >= 11 is 8.86. The van der Waals surface area contributed by atoms with Crippen LogP contribution in [-0.4, -0.2) is 26.4 Å². The van der Waals surface area contributed by atoms with Gasteiger partial charge in [-0.25, -0.2) is 4.39 Å². The number of nitrogens with zero attached hydrogens (tertiary/aromatic N) is 3. The maximum Gasteiger partial charge on any atom is 0.234 e. The fourth-order valence-electron chi connectivity index (χ4n) is 3.44. The van der Waals surface area contributed by atoms with Gasteiger partial charge in [0.25, 0.3) is 0 Å². The second-order valence-corrected chi connectivity index (χ2v) is 9.54. The molecule has 0 saturated heterocycles. The highest BCUT2D eigenvalue weighted by molar-refractivity contribution is 7.99. The largest absolute Gasteiger partial charge is 0.325 e. The standard InChI is InChI=1S/C20H20ClFN4OS2/c1-11-3-5-13-14(9-28-17(13)7-11)19-24-25-20(26(19)2)29-10-18(27)23-12-4-6-16(22)15(21)8-12/h4,6,8-9,11H,3,5,7,10H2,1-2H3,(H,23,27). The van der Waals surface area contributed by atoms with Gasteiger partial charge in [-0.05, 0) is 48.9 Å². The molecule has 152 valence electrons. The molecular formula is C20H20ClFN4OS2. The lowest BCUT2D eigenvalue weighted by Crippen LogP contribution is -2.14. The summed E-state index contributed by atoms with van der Waals surface area (Å²) in [4.78, 5) is 13.7. The molecule has 1 amide bonds. The van der Waals surface area contributed by atoms with Crippen LogP contribution in [0.25, 0.3) is 11.4 Å². The average Bonchev–Trinajstić information content (AvgIpc) is 3.25. The lowest BCUT2D eigenvalue weighted by Gasteiger charge is -2.18. The zero-order valence-corrected chi connectivity index (χ0v) is 18.4. The Kier molecular flexibility index (Phi) is 5.94. The fourth-order valence-corrected chi connectivity index (χ4v) is 5.58. The average molecular weight is 451 g/mol. The van der Waals surface area contributed by atoms with Crippen LogP contribution in [-0.2, 0) is 24.7 Å². The van der Waals surface area contributed by atoms with E-state index in [0.717, 1.165) is 30.1 Å². The van der Waals surface area contributed by atoms with Crippen molar-refractivity contribution in [2.24, 2.45) is 13.0 Å². The molecule has 9 heteroatoms. The molecule has 29 heavy (non-hydrogen) atoms. The van der Waals surface area contributed by atoms with E-state index in [9.17, 15) is 9.18 Å². The molecule has 0 bridgehead atoms. The number of carbonyl (C=O) groups excluding carboxylic acids is 1. The molecule has 0 fully saturated rings. The number of rotatable bonds is 5. The van der Waals surface area contributed by atoms with E-state index in [-0.39, 0.29) is 16.7 Å². The van der Waals surface area contributed by atoms with Crippen molar-refractivity contribution in [1.82, 2.24) is 14.8 Å². The number of thiophene rings is 1. The van der Waals surface area contributed by atoms with Gasteiger partial charge >= 0.3 is 0 Å². The number of amides is 1. The van der Waals surface area contributed by atoms with E-state index in [2.05, 4.69) is 27.8 Å². The lowest BCUT2D eigenvalue weighted by molar-refractivity contribution is -0.113. The molecule has 0 spiro atoms. The number of fused-ring (bicyclic) bond motifs is 1. The van der Waals surface area contributed by atoms with Crippen molar-refractivity contribution < 1.29 is 9.18 Å². The molecule has 1 unspecified atom stereocenters. The number of anilines is 1. The van der Waals surface area contributed by atoms with Crippen molar-refractivity contribution in [2.75, 3.05) is 11.1 Å². The van der Waals surface area contributed by atoms with Crippen LogP contribution in [0, 0.1) is 11.7 Å². The zero-order chi connectivity index (χ0) is 20.5. The highest BCUT2D eigenvalue weighted by atomic mass is 35.5. The van der Waals surface area contributed by atoms with Crippen molar-refractivity contribution in [3.8, 4) is 11.4 Å². The van der Waals surface area contributed by atoms with Crippen LogP contribution in [0.2, 0.25) is 5.02 Å². The smallest absolute Gasteiger partial charge is 0.234 e. The molecule has 2 aromatic heterocycles.